The summed E-state index contributed by atoms with van der Waals surface area (Å²) in [5, 5.41) is 4.07. The number of amides is 1. The Morgan fingerprint density at radius 3 is 2.89 bits per heavy atom. The van der Waals surface area contributed by atoms with Gasteiger partial charge in [0.25, 0.3) is 0 Å². The van der Waals surface area contributed by atoms with Crippen molar-refractivity contribution in [2.75, 3.05) is 39.8 Å². The highest BCUT2D eigenvalue weighted by atomic mass is 16.5. The summed E-state index contributed by atoms with van der Waals surface area (Å²) in [6, 6.07) is 0. The fourth-order valence-electron chi connectivity index (χ4n) is 6.31. The first-order valence-corrected chi connectivity index (χ1v) is 10.9. The molecule has 154 valence electrons. The minimum atomic E-state index is -0.304. The summed E-state index contributed by atoms with van der Waals surface area (Å²) in [7, 11) is 2.16. The molecule has 0 spiro atoms. The number of ether oxygens (including phenoxy) is 1. The van der Waals surface area contributed by atoms with Crippen molar-refractivity contribution in [1.29, 1.82) is 0 Å². The van der Waals surface area contributed by atoms with Crippen LogP contribution in [0.2, 0.25) is 0 Å². The van der Waals surface area contributed by atoms with Gasteiger partial charge in [-0.15, -0.1) is 0 Å². The zero-order valence-corrected chi connectivity index (χ0v) is 17.2. The number of nitrogens with zero attached hydrogens (tertiary/aromatic N) is 4. The Balaban J connectivity index is 1.46. The fourth-order valence-corrected chi connectivity index (χ4v) is 6.31. The maximum absolute atomic E-state index is 13.9. The van der Waals surface area contributed by atoms with Gasteiger partial charge >= 0.3 is 0 Å². The lowest BCUT2D eigenvalue weighted by molar-refractivity contribution is -0.145. The Labute approximate surface area is 166 Å². The van der Waals surface area contributed by atoms with Crippen molar-refractivity contribution < 1.29 is 14.1 Å². The molecule has 1 aromatic heterocycles. The molecule has 1 aliphatic carbocycles. The molecule has 3 aliphatic heterocycles. The van der Waals surface area contributed by atoms with Crippen LogP contribution in [0.25, 0.3) is 0 Å². The maximum Gasteiger partial charge on any atom is 0.235 e. The first-order valence-electron chi connectivity index (χ1n) is 10.9. The van der Waals surface area contributed by atoms with Crippen molar-refractivity contribution in [2.24, 2.45) is 11.3 Å². The number of hydrogen-bond acceptors (Lipinski definition) is 6. The summed E-state index contributed by atoms with van der Waals surface area (Å²) in [5.41, 5.74) is -0.498. The molecule has 0 N–H and O–H groups in total. The van der Waals surface area contributed by atoms with E-state index in [0.717, 1.165) is 64.2 Å². The van der Waals surface area contributed by atoms with Gasteiger partial charge in [0.2, 0.25) is 11.8 Å². The number of likely N-dealkylation sites (tertiary alicyclic amines) is 2. The molecular formula is C21H32N4O3. The largest absolute Gasteiger partial charge is 0.377 e. The summed E-state index contributed by atoms with van der Waals surface area (Å²) in [5.74, 6) is 2.08. The van der Waals surface area contributed by atoms with Crippen LogP contribution in [0.3, 0.4) is 0 Å². The summed E-state index contributed by atoms with van der Waals surface area (Å²) < 4.78 is 11.8. The van der Waals surface area contributed by atoms with Gasteiger partial charge in [-0.25, -0.2) is 0 Å². The van der Waals surface area contributed by atoms with Gasteiger partial charge in [0.05, 0.1) is 16.9 Å². The van der Waals surface area contributed by atoms with Gasteiger partial charge in [0, 0.05) is 32.2 Å². The van der Waals surface area contributed by atoms with Crippen molar-refractivity contribution in [3.8, 4) is 0 Å². The van der Waals surface area contributed by atoms with Crippen LogP contribution < -0.4 is 0 Å². The lowest BCUT2D eigenvalue weighted by Crippen LogP contribution is -2.49. The fraction of sp³-hybridized carbons (Fsp3) is 0.857. The van der Waals surface area contributed by atoms with Crippen LogP contribution >= 0.6 is 0 Å². The molecule has 28 heavy (non-hydrogen) atoms. The van der Waals surface area contributed by atoms with Crippen molar-refractivity contribution >= 4 is 5.91 Å². The second-order valence-electron chi connectivity index (χ2n) is 9.56. The molecule has 5 rings (SSSR count). The number of aromatic nitrogens is 2. The summed E-state index contributed by atoms with van der Waals surface area (Å²) in [6.45, 7) is 6.06. The van der Waals surface area contributed by atoms with E-state index in [1.165, 1.54) is 12.8 Å². The molecule has 0 bridgehead atoms. The molecule has 7 heteroatoms. The monoisotopic (exact) mass is 388 g/mol. The molecule has 0 unspecified atom stereocenters. The van der Waals surface area contributed by atoms with E-state index in [2.05, 4.69) is 27.0 Å². The van der Waals surface area contributed by atoms with Gasteiger partial charge in [0.15, 0.2) is 5.82 Å². The van der Waals surface area contributed by atoms with E-state index in [9.17, 15) is 4.79 Å². The van der Waals surface area contributed by atoms with Crippen molar-refractivity contribution in [2.45, 2.75) is 63.4 Å². The molecule has 0 radical (unpaired) electrons. The second-order valence-corrected chi connectivity index (χ2v) is 9.56. The molecule has 4 atom stereocenters. The number of carbonyl (C=O) groups is 1. The zero-order chi connectivity index (χ0) is 19.4. The summed E-state index contributed by atoms with van der Waals surface area (Å²) >= 11 is 0. The lowest BCUT2D eigenvalue weighted by atomic mass is 9.72. The Bertz CT molecular complexity index is 752. The van der Waals surface area contributed by atoms with E-state index in [1.807, 2.05) is 6.92 Å². The average Bonchev–Trinajstić information content (AvgIpc) is 3.36. The molecular weight excluding hydrogens is 356 g/mol. The van der Waals surface area contributed by atoms with Crippen molar-refractivity contribution in [3.63, 3.8) is 0 Å². The third-order valence-electron chi connectivity index (χ3n) is 7.91. The first-order chi connectivity index (χ1) is 13.5. The first kappa shape index (κ1) is 18.6. The molecule has 4 fully saturated rings. The van der Waals surface area contributed by atoms with E-state index in [-0.39, 0.29) is 16.9 Å². The highest BCUT2D eigenvalue weighted by Crippen LogP contribution is 2.50. The topological polar surface area (TPSA) is 71.7 Å². The SMILES string of the molecule is Cc1noc([C@]23CCN(C)C[C@H]2CN(C(=O)[C@@]24CCCCC[C@H]2OCC4)C3)n1. The standard InChI is InChI=1S/C21H32N4O3/c1-15-22-18(28-23-15)21-8-10-24(2)12-16(21)13-25(14-21)19(26)20-7-5-3-4-6-17(20)27-11-9-20/h16-17H,3-14H2,1-2H3/t16-,17+,20+,21-/m0/s1. The number of aryl methyl sites for hydroxylation is 1. The average molecular weight is 389 g/mol. The van der Waals surface area contributed by atoms with Gasteiger partial charge < -0.3 is 19.1 Å². The Morgan fingerprint density at radius 1 is 1.18 bits per heavy atom. The molecule has 0 aromatic carbocycles. The minimum Gasteiger partial charge on any atom is -0.377 e. The Kier molecular flexibility index (Phi) is 4.51. The van der Waals surface area contributed by atoms with Gasteiger partial charge in [-0.3, -0.25) is 4.79 Å². The van der Waals surface area contributed by atoms with E-state index in [1.54, 1.807) is 0 Å². The minimum absolute atomic E-state index is 0.106. The van der Waals surface area contributed by atoms with Crippen LogP contribution in [-0.4, -0.2) is 71.8 Å². The number of fused-ring (bicyclic) bond motifs is 2. The van der Waals surface area contributed by atoms with Gasteiger partial charge in [-0.1, -0.05) is 24.4 Å². The summed E-state index contributed by atoms with van der Waals surface area (Å²) in [6.07, 6.45) is 7.49. The highest BCUT2D eigenvalue weighted by Gasteiger charge is 2.59. The van der Waals surface area contributed by atoms with Crippen LogP contribution in [0.5, 0.6) is 0 Å². The van der Waals surface area contributed by atoms with Crippen LogP contribution in [0.15, 0.2) is 4.52 Å². The number of hydrogen-bond donors (Lipinski definition) is 0. The van der Waals surface area contributed by atoms with Crippen LogP contribution in [0.1, 0.15) is 56.7 Å². The van der Waals surface area contributed by atoms with Crippen molar-refractivity contribution in [1.82, 2.24) is 19.9 Å². The van der Waals surface area contributed by atoms with Crippen molar-refractivity contribution in [3.05, 3.63) is 11.7 Å². The number of piperidine rings is 1. The van der Waals surface area contributed by atoms with Gasteiger partial charge in [-0.2, -0.15) is 4.98 Å². The molecule has 3 saturated heterocycles. The molecule has 7 nitrogen and oxygen atoms in total. The Morgan fingerprint density at radius 2 is 2.07 bits per heavy atom. The van der Waals surface area contributed by atoms with Gasteiger partial charge in [0.1, 0.15) is 0 Å². The maximum atomic E-state index is 13.9. The molecule has 1 saturated carbocycles. The molecule has 4 aliphatic rings. The predicted molar refractivity (Wildman–Crippen MR) is 103 cm³/mol. The third kappa shape index (κ3) is 2.73. The van der Waals surface area contributed by atoms with Crippen LogP contribution in [-0.2, 0) is 14.9 Å². The third-order valence-corrected chi connectivity index (χ3v) is 7.91. The van der Waals surface area contributed by atoms with Crippen LogP contribution in [0.4, 0.5) is 0 Å². The molecule has 1 amide bonds. The van der Waals surface area contributed by atoms with E-state index >= 15 is 0 Å². The van der Waals surface area contributed by atoms with Gasteiger partial charge in [-0.05, 0) is 46.2 Å². The number of carbonyl (C=O) groups excluding carboxylic acids is 1. The predicted octanol–water partition coefficient (Wildman–Crippen LogP) is 2.15. The normalized spacial score (nSPS) is 38.9. The summed E-state index contributed by atoms with van der Waals surface area (Å²) in [4.78, 5) is 23.0. The quantitative estimate of drug-likeness (QED) is 0.773. The Hall–Kier alpha value is -1.47. The second kappa shape index (κ2) is 6.80. The molecule has 1 aromatic rings. The van der Waals surface area contributed by atoms with E-state index in [0.29, 0.717) is 24.2 Å². The zero-order valence-electron chi connectivity index (χ0n) is 17.2. The molecule has 4 heterocycles. The van der Waals surface area contributed by atoms with E-state index < -0.39 is 0 Å². The highest BCUT2D eigenvalue weighted by molar-refractivity contribution is 5.84. The smallest absolute Gasteiger partial charge is 0.235 e. The van der Waals surface area contributed by atoms with E-state index in [4.69, 9.17) is 9.26 Å². The lowest BCUT2D eigenvalue weighted by Gasteiger charge is -2.39. The van der Waals surface area contributed by atoms with Crippen LogP contribution in [0, 0.1) is 18.3 Å². The number of rotatable bonds is 2.